The van der Waals surface area contributed by atoms with Gasteiger partial charge in [-0.2, -0.15) is 0 Å². The van der Waals surface area contributed by atoms with Crippen LogP contribution in [0.15, 0.2) is 60.7 Å². The summed E-state index contributed by atoms with van der Waals surface area (Å²) in [5.41, 5.74) is 3.58. The lowest BCUT2D eigenvalue weighted by Gasteiger charge is -2.09. The lowest BCUT2D eigenvalue weighted by molar-refractivity contribution is 0.102. The molecule has 23 heavy (non-hydrogen) atoms. The van der Waals surface area contributed by atoms with E-state index in [1.807, 2.05) is 55.5 Å². The average Bonchev–Trinajstić information content (AvgIpc) is 2.54. The van der Waals surface area contributed by atoms with Crippen molar-refractivity contribution in [2.75, 3.05) is 11.9 Å². The fourth-order valence-corrected chi connectivity index (χ4v) is 2.06. The van der Waals surface area contributed by atoms with Crippen molar-refractivity contribution in [2.45, 2.75) is 26.7 Å². The van der Waals surface area contributed by atoms with E-state index in [2.05, 4.69) is 25.7 Å². The highest BCUT2D eigenvalue weighted by molar-refractivity contribution is 6.04. The number of carbonyl (C=O) groups excluding carboxylic acids is 1. The summed E-state index contributed by atoms with van der Waals surface area (Å²) in [6.07, 6.45) is 0. The first-order chi connectivity index (χ1) is 11.0. The minimum Gasteiger partial charge on any atom is -0.489 e. The molecule has 2 aromatic rings. The Morgan fingerprint density at radius 3 is 2.22 bits per heavy atom. The Morgan fingerprint density at radius 1 is 1.09 bits per heavy atom. The van der Waals surface area contributed by atoms with Gasteiger partial charge in [-0.15, -0.1) is 0 Å². The molecule has 0 saturated carbocycles. The zero-order valence-electron chi connectivity index (χ0n) is 13.9. The van der Waals surface area contributed by atoms with E-state index < -0.39 is 0 Å². The molecule has 0 fully saturated rings. The molecule has 2 rings (SSSR count). The minimum atomic E-state index is -0.115. The summed E-state index contributed by atoms with van der Waals surface area (Å²) in [6.45, 7) is 10.5. The second kappa shape index (κ2) is 7.63. The van der Waals surface area contributed by atoms with Gasteiger partial charge in [0.25, 0.3) is 5.91 Å². The van der Waals surface area contributed by atoms with Crippen LogP contribution in [0.4, 0.5) is 5.69 Å². The van der Waals surface area contributed by atoms with Crippen LogP contribution in [0.5, 0.6) is 5.75 Å². The molecule has 0 saturated heterocycles. The zero-order valence-corrected chi connectivity index (χ0v) is 13.9. The highest BCUT2D eigenvalue weighted by Crippen LogP contribution is 2.18. The van der Waals surface area contributed by atoms with Gasteiger partial charge in [0.15, 0.2) is 0 Å². The van der Waals surface area contributed by atoms with Gasteiger partial charge < -0.3 is 10.1 Å². The van der Waals surface area contributed by atoms with E-state index in [1.54, 1.807) is 0 Å². The summed E-state index contributed by atoms with van der Waals surface area (Å²) in [4.78, 5) is 12.2. The maximum atomic E-state index is 12.2. The van der Waals surface area contributed by atoms with Crippen molar-refractivity contribution in [3.05, 3.63) is 71.8 Å². The number of rotatable bonds is 6. The van der Waals surface area contributed by atoms with E-state index >= 15 is 0 Å². The van der Waals surface area contributed by atoms with Gasteiger partial charge in [0.05, 0.1) is 0 Å². The van der Waals surface area contributed by atoms with Gasteiger partial charge in [-0.25, -0.2) is 0 Å². The fraction of sp³-hybridized carbons (Fsp3) is 0.250. The van der Waals surface area contributed by atoms with Crippen molar-refractivity contribution in [3.63, 3.8) is 0 Å². The van der Waals surface area contributed by atoms with E-state index in [1.165, 1.54) is 5.56 Å². The zero-order chi connectivity index (χ0) is 16.8. The Labute approximate surface area is 138 Å². The molecule has 0 aliphatic heterocycles. The molecule has 3 heteroatoms. The van der Waals surface area contributed by atoms with Crippen molar-refractivity contribution in [3.8, 4) is 5.75 Å². The smallest absolute Gasteiger partial charge is 0.255 e. The summed E-state index contributed by atoms with van der Waals surface area (Å²) < 4.78 is 5.54. The molecule has 1 amide bonds. The van der Waals surface area contributed by atoms with Crippen molar-refractivity contribution in [1.29, 1.82) is 0 Å². The van der Waals surface area contributed by atoms with Crippen LogP contribution in [0.3, 0.4) is 0 Å². The van der Waals surface area contributed by atoms with Crippen LogP contribution < -0.4 is 10.1 Å². The molecule has 0 radical (unpaired) electrons. The summed E-state index contributed by atoms with van der Waals surface area (Å²) >= 11 is 0. The van der Waals surface area contributed by atoms with Gasteiger partial charge in [-0.3, -0.25) is 4.79 Å². The summed E-state index contributed by atoms with van der Waals surface area (Å²) in [5.74, 6) is 1.10. The Bertz CT molecular complexity index is 670. The molecular formula is C20H23NO2. The molecule has 0 spiro atoms. The molecule has 3 nitrogen and oxygen atoms in total. The van der Waals surface area contributed by atoms with Crippen LogP contribution >= 0.6 is 0 Å². The second-order valence-corrected chi connectivity index (χ2v) is 6.00. The van der Waals surface area contributed by atoms with E-state index in [9.17, 15) is 4.79 Å². The number of anilines is 1. The number of benzene rings is 2. The Kier molecular flexibility index (Phi) is 5.58. The van der Waals surface area contributed by atoms with Gasteiger partial charge in [-0.05, 0) is 60.4 Å². The molecule has 0 aliphatic carbocycles. The first kappa shape index (κ1) is 16.8. The van der Waals surface area contributed by atoms with Crippen molar-refractivity contribution in [2.24, 2.45) is 0 Å². The molecule has 0 heterocycles. The summed E-state index contributed by atoms with van der Waals surface area (Å²) in [7, 11) is 0. The highest BCUT2D eigenvalue weighted by atomic mass is 16.5. The van der Waals surface area contributed by atoms with Crippen molar-refractivity contribution >= 4 is 11.6 Å². The SMILES string of the molecule is C=C(C)COc1ccc(NC(=O)c2ccc(C(C)C)cc2)cc1. The van der Waals surface area contributed by atoms with Crippen LogP contribution in [0.2, 0.25) is 0 Å². The van der Waals surface area contributed by atoms with Gasteiger partial charge in [0, 0.05) is 11.3 Å². The Morgan fingerprint density at radius 2 is 1.70 bits per heavy atom. The summed E-state index contributed by atoms with van der Waals surface area (Å²) in [5, 5.41) is 2.89. The predicted octanol–water partition coefficient (Wildman–Crippen LogP) is 5.02. The molecular weight excluding hydrogens is 286 g/mol. The third-order valence-corrected chi connectivity index (χ3v) is 3.44. The second-order valence-electron chi connectivity index (χ2n) is 6.00. The minimum absolute atomic E-state index is 0.115. The number of hydrogen-bond acceptors (Lipinski definition) is 2. The van der Waals surface area contributed by atoms with Crippen LogP contribution in [-0.4, -0.2) is 12.5 Å². The van der Waals surface area contributed by atoms with Gasteiger partial charge in [-0.1, -0.05) is 32.6 Å². The molecule has 0 bridgehead atoms. The van der Waals surface area contributed by atoms with Gasteiger partial charge in [0.1, 0.15) is 12.4 Å². The number of amides is 1. The number of hydrogen-bond donors (Lipinski definition) is 1. The predicted molar refractivity (Wildman–Crippen MR) is 95.2 cm³/mol. The quantitative estimate of drug-likeness (QED) is 0.761. The Balaban J connectivity index is 1.98. The molecule has 0 unspecified atom stereocenters. The van der Waals surface area contributed by atoms with Crippen LogP contribution in [-0.2, 0) is 0 Å². The normalized spacial score (nSPS) is 10.4. The lowest BCUT2D eigenvalue weighted by Crippen LogP contribution is -2.11. The largest absolute Gasteiger partial charge is 0.489 e. The first-order valence-corrected chi connectivity index (χ1v) is 7.74. The van der Waals surface area contributed by atoms with Crippen LogP contribution in [0.1, 0.15) is 42.6 Å². The average molecular weight is 309 g/mol. The maximum absolute atomic E-state index is 12.2. The molecule has 1 N–H and O–H groups in total. The van der Waals surface area contributed by atoms with Gasteiger partial charge >= 0.3 is 0 Å². The summed E-state index contributed by atoms with van der Waals surface area (Å²) in [6, 6.07) is 15.0. The lowest BCUT2D eigenvalue weighted by atomic mass is 10.0. The molecule has 0 aliphatic rings. The molecule has 120 valence electrons. The molecule has 0 atom stereocenters. The van der Waals surface area contributed by atoms with Crippen molar-refractivity contribution in [1.82, 2.24) is 0 Å². The third-order valence-electron chi connectivity index (χ3n) is 3.44. The van der Waals surface area contributed by atoms with E-state index in [0.717, 1.165) is 17.0 Å². The van der Waals surface area contributed by atoms with E-state index in [0.29, 0.717) is 18.1 Å². The first-order valence-electron chi connectivity index (χ1n) is 7.74. The number of nitrogens with one attached hydrogen (secondary N) is 1. The Hall–Kier alpha value is -2.55. The number of carbonyl (C=O) groups is 1. The van der Waals surface area contributed by atoms with E-state index in [-0.39, 0.29) is 5.91 Å². The maximum Gasteiger partial charge on any atom is 0.255 e. The molecule has 2 aromatic carbocycles. The number of ether oxygens (including phenoxy) is 1. The topological polar surface area (TPSA) is 38.3 Å². The van der Waals surface area contributed by atoms with Crippen LogP contribution in [0, 0.1) is 0 Å². The monoisotopic (exact) mass is 309 g/mol. The van der Waals surface area contributed by atoms with Gasteiger partial charge in [0.2, 0.25) is 0 Å². The standard InChI is InChI=1S/C20H23NO2/c1-14(2)13-23-19-11-9-18(10-12-19)21-20(22)17-7-5-16(6-8-17)15(3)4/h5-12,15H,1,13H2,2-4H3,(H,21,22). The highest BCUT2D eigenvalue weighted by Gasteiger charge is 2.07. The fourth-order valence-electron chi connectivity index (χ4n) is 2.06. The van der Waals surface area contributed by atoms with Crippen LogP contribution in [0.25, 0.3) is 0 Å². The van der Waals surface area contributed by atoms with Crippen molar-refractivity contribution < 1.29 is 9.53 Å². The third kappa shape index (κ3) is 4.99. The van der Waals surface area contributed by atoms with E-state index in [4.69, 9.17) is 4.74 Å². The molecule has 0 aromatic heterocycles.